The van der Waals surface area contributed by atoms with Crippen molar-refractivity contribution in [2.24, 2.45) is 0 Å². The van der Waals surface area contributed by atoms with Crippen molar-refractivity contribution in [2.75, 3.05) is 25.0 Å². The molecule has 0 bridgehead atoms. The van der Waals surface area contributed by atoms with Gasteiger partial charge < -0.3 is 9.80 Å². The van der Waals surface area contributed by atoms with Gasteiger partial charge in [0.25, 0.3) is 0 Å². The van der Waals surface area contributed by atoms with Gasteiger partial charge in [0.15, 0.2) is 5.65 Å². The lowest BCUT2D eigenvalue weighted by Gasteiger charge is -2.29. The standard InChI is InChI=1S/C21H25N5O2/c1-23(15-17-8-10-18(11-9-17)24-12-4-2-5-13-24)20(27)16-26-21(28)25-14-6-3-7-19(25)22-26/h3,6-11,14H,2,4-5,12-13,15-16H2,1H3. The molecule has 7 heteroatoms. The number of fused-ring (bicyclic) bond motifs is 1. The van der Waals surface area contributed by atoms with Crippen molar-refractivity contribution in [3.8, 4) is 0 Å². The predicted molar refractivity (Wildman–Crippen MR) is 108 cm³/mol. The fourth-order valence-electron chi connectivity index (χ4n) is 3.65. The van der Waals surface area contributed by atoms with Crippen molar-refractivity contribution in [2.45, 2.75) is 32.4 Å². The fraction of sp³-hybridized carbons (Fsp3) is 0.381. The lowest BCUT2D eigenvalue weighted by molar-refractivity contribution is -0.131. The van der Waals surface area contributed by atoms with Gasteiger partial charge in [-0.25, -0.2) is 9.48 Å². The molecular formula is C21H25N5O2. The zero-order chi connectivity index (χ0) is 19.5. The second-order valence-corrected chi connectivity index (χ2v) is 7.33. The number of anilines is 1. The van der Waals surface area contributed by atoms with Gasteiger partial charge in [0.1, 0.15) is 6.54 Å². The normalized spacial score (nSPS) is 14.4. The maximum atomic E-state index is 12.6. The minimum absolute atomic E-state index is 0.0666. The molecule has 1 aliphatic rings. The Kier molecular flexibility index (Phi) is 5.14. The molecule has 1 fully saturated rings. The minimum Gasteiger partial charge on any atom is -0.372 e. The van der Waals surface area contributed by atoms with Crippen LogP contribution in [-0.2, 0) is 17.9 Å². The highest BCUT2D eigenvalue weighted by molar-refractivity contribution is 5.75. The fourth-order valence-corrected chi connectivity index (χ4v) is 3.65. The molecule has 3 heterocycles. The average molecular weight is 379 g/mol. The Morgan fingerprint density at radius 3 is 2.54 bits per heavy atom. The molecule has 0 atom stereocenters. The summed E-state index contributed by atoms with van der Waals surface area (Å²) in [6, 6.07) is 13.7. The number of amides is 1. The van der Waals surface area contributed by atoms with Crippen LogP contribution < -0.4 is 10.6 Å². The van der Waals surface area contributed by atoms with Crippen LogP contribution in [0.2, 0.25) is 0 Å². The number of aromatic nitrogens is 3. The molecule has 1 aliphatic heterocycles. The molecule has 0 saturated carbocycles. The second-order valence-electron chi connectivity index (χ2n) is 7.33. The van der Waals surface area contributed by atoms with Gasteiger partial charge in [0.2, 0.25) is 5.91 Å². The summed E-state index contributed by atoms with van der Waals surface area (Å²) in [5, 5.41) is 4.22. The van der Waals surface area contributed by atoms with E-state index in [1.165, 1.54) is 34.0 Å². The monoisotopic (exact) mass is 379 g/mol. The maximum absolute atomic E-state index is 12.6. The average Bonchev–Trinajstić information content (AvgIpc) is 3.05. The molecule has 28 heavy (non-hydrogen) atoms. The first-order chi connectivity index (χ1) is 13.6. The highest BCUT2D eigenvalue weighted by Crippen LogP contribution is 2.20. The van der Waals surface area contributed by atoms with Crippen LogP contribution in [0.25, 0.3) is 5.65 Å². The topological polar surface area (TPSA) is 62.9 Å². The molecule has 0 radical (unpaired) electrons. The third-order valence-corrected chi connectivity index (χ3v) is 5.28. The number of carbonyl (C=O) groups is 1. The van der Waals surface area contributed by atoms with Crippen molar-refractivity contribution >= 4 is 17.2 Å². The third-order valence-electron chi connectivity index (χ3n) is 5.28. The van der Waals surface area contributed by atoms with E-state index in [4.69, 9.17) is 0 Å². The first kappa shape index (κ1) is 18.3. The van der Waals surface area contributed by atoms with Gasteiger partial charge in [0.05, 0.1) is 0 Å². The van der Waals surface area contributed by atoms with E-state index in [9.17, 15) is 9.59 Å². The van der Waals surface area contributed by atoms with Crippen molar-refractivity contribution in [1.29, 1.82) is 0 Å². The van der Waals surface area contributed by atoms with E-state index in [0.29, 0.717) is 12.2 Å². The Morgan fingerprint density at radius 1 is 1.07 bits per heavy atom. The number of carbonyl (C=O) groups excluding carboxylic acids is 1. The van der Waals surface area contributed by atoms with E-state index >= 15 is 0 Å². The van der Waals surface area contributed by atoms with Gasteiger partial charge >= 0.3 is 5.69 Å². The molecule has 0 N–H and O–H groups in total. The summed E-state index contributed by atoms with van der Waals surface area (Å²) in [6.45, 7) is 2.67. The number of nitrogens with zero attached hydrogens (tertiary/aromatic N) is 5. The molecule has 1 amide bonds. The number of rotatable bonds is 5. The van der Waals surface area contributed by atoms with Gasteiger partial charge in [0, 0.05) is 38.6 Å². The smallest absolute Gasteiger partial charge is 0.350 e. The Labute approximate surface area is 163 Å². The van der Waals surface area contributed by atoms with Crippen LogP contribution in [0.15, 0.2) is 53.5 Å². The van der Waals surface area contributed by atoms with E-state index in [-0.39, 0.29) is 18.1 Å². The van der Waals surface area contributed by atoms with Crippen molar-refractivity contribution < 1.29 is 4.79 Å². The summed E-state index contributed by atoms with van der Waals surface area (Å²) in [4.78, 5) is 28.9. The first-order valence-electron chi connectivity index (χ1n) is 9.74. The van der Waals surface area contributed by atoms with Crippen LogP contribution in [0.4, 0.5) is 5.69 Å². The van der Waals surface area contributed by atoms with E-state index < -0.39 is 0 Å². The summed E-state index contributed by atoms with van der Waals surface area (Å²) in [5.74, 6) is -0.148. The highest BCUT2D eigenvalue weighted by atomic mass is 16.2. The van der Waals surface area contributed by atoms with Gasteiger partial charge in [-0.3, -0.25) is 9.20 Å². The predicted octanol–water partition coefficient (Wildman–Crippen LogP) is 2.14. The number of pyridine rings is 1. The number of likely N-dealkylation sites (N-methyl/N-ethyl adjacent to an activating group) is 1. The molecule has 1 saturated heterocycles. The Bertz CT molecular complexity index is 1020. The van der Waals surface area contributed by atoms with Crippen molar-refractivity contribution in [3.63, 3.8) is 0 Å². The maximum Gasteiger partial charge on any atom is 0.350 e. The summed E-state index contributed by atoms with van der Waals surface area (Å²) in [6.07, 6.45) is 5.47. The SMILES string of the molecule is CN(Cc1ccc(N2CCCCC2)cc1)C(=O)Cn1nc2ccccn2c1=O. The molecule has 0 spiro atoms. The highest BCUT2D eigenvalue weighted by Gasteiger charge is 2.15. The number of piperidine rings is 1. The zero-order valence-electron chi connectivity index (χ0n) is 16.1. The van der Waals surface area contributed by atoms with E-state index in [1.54, 1.807) is 30.3 Å². The number of hydrogen-bond donors (Lipinski definition) is 0. The van der Waals surface area contributed by atoms with Crippen LogP contribution in [0.1, 0.15) is 24.8 Å². The van der Waals surface area contributed by atoms with Gasteiger partial charge in [-0.15, -0.1) is 5.10 Å². The number of benzene rings is 1. The van der Waals surface area contributed by atoms with Crippen molar-refractivity contribution in [3.05, 3.63) is 64.7 Å². The summed E-state index contributed by atoms with van der Waals surface area (Å²) in [7, 11) is 1.75. The quantitative estimate of drug-likeness (QED) is 0.681. The molecule has 7 nitrogen and oxygen atoms in total. The number of hydrogen-bond acceptors (Lipinski definition) is 4. The Hall–Kier alpha value is -3.09. The zero-order valence-corrected chi connectivity index (χ0v) is 16.1. The molecule has 146 valence electrons. The van der Waals surface area contributed by atoms with E-state index in [0.717, 1.165) is 18.7 Å². The minimum atomic E-state index is -0.303. The molecule has 4 rings (SSSR count). The van der Waals surface area contributed by atoms with Crippen molar-refractivity contribution in [1.82, 2.24) is 19.1 Å². The molecule has 0 aliphatic carbocycles. The molecule has 3 aromatic rings. The van der Waals surface area contributed by atoms with E-state index in [2.05, 4.69) is 34.3 Å². The van der Waals surface area contributed by atoms with Crippen LogP contribution in [0, 0.1) is 0 Å². The molecule has 0 unspecified atom stereocenters. The van der Waals surface area contributed by atoms with Crippen LogP contribution >= 0.6 is 0 Å². The van der Waals surface area contributed by atoms with E-state index in [1.807, 2.05) is 6.07 Å². The first-order valence-corrected chi connectivity index (χ1v) is 9.74. The van der Waals surface area contributed by atoms with Crippen LogP contribution in [0.5, 0.6) is 0 Å². The second kappa shape index (κ2) is 7.88. The molecule has 1 aromatic carbocycles. The summed E-state index contributed by atoms with van der Waals surface area (Å²) < 4.78 is 2.65. The summed E-state index contributed by atoms with van der Waals surface area (Å²) in [5.41, 5.74) is 2.55. The van der Waals surface area contributed by atoms with Crippen LogP contribution in [0.3, 0.4) is 0 Å². The lowest BCUT2D eigenvalue weighted by atomic mass is 10.1. The largest absolute Gasteiger partial charge is 0.372 e. The Balaban J connectivity index is 1.39. The third kappa shape index (κ3) is 3.78. The van der Waals surface area contributed by atoms with Gasteiger partial charge in [-0.1, -0.05) is 18.2 Å². The Morgan fingerprint density at radius 2 is 1.82 bits per heavy atom. The molecule has 2 aromatic heterocycles. The van der Waals surface area contributed by atoms with Crippen LogP contribution in [-0.4, -0.2) is 45.1 Å². The molecular weight excluding hydrogens is 354 g/mol. The lowest BCUT2D eigenvalue weighted by Crippen LogP contribution is -2.34. The van der Waals surface area contributed by atoms with Gasteiger partial charge in [-0.2, -0.15) is 0 Å². The van der Waals surface area contributed by atoms with Gasteiger partial charge in [-0.05, 0) is 49.1 Å². The summed E-state index contributed by atoms with van der Waals surface area (Å²) >= 11 is 0.